The van der Waals surface area contributed by atoms with Crippen LogP contribution >= 0.6 is 0 Å². The number of aliphatic hydroxyl groups excluding tert-OH is 1. The van der Waals surface area contributed by atoms with Crippen LogP contribution in [-0.2, 0) is 0 Å². The maximum Gasteiger partial charge on any atom is 0.101 e. The molecule has 0 aromatic rings. The van der Waals surface area contributed by atoms with Gasteiger partial charge < -0.3 is 5.11 Å². The van der Waals surface area contributed by atoms with Crippen molar-refractivity contribution in [1.29, 1.82) is 0 Å². The molecule has 0 aromatic heterocycles. The van der Waals surface area contributed by atoms with Crippen LogP contribution in [0.5, 0.6) is 0 Å². The molecule has 1 nitrogen and oxygen atoms in total. The Balaban J connectivity index is 2.65. The number of rotatable bonds is 0. The quantitative estimate of drug-likeness (QED) is 0.508. The minimum atomic E-state index is -0.206. The molecular weight excluding hydrogens is 107 g/mol. The zero-order valence-corrected chi connectivity index (χ0v) is 4.26. The van der Waals surface area contributed by atoms with Crippen molar-refractivity contribution in [2.45, 2.75) is 6.42 Å². The molecule has 0 aliphatic heterocycles. The van der Waals surface area contributed by atoms with Crippen molar-refractivity contribution in [3.05, 3.63) is 30.2 Å². The van der Waals surface area contributed by atoms with Gasteiger partial charge in [0.1, 0.15) is 5.83 Å². The Bertz CT molecular complexity index is 129. The Morgan fingerprint density at radius 2 is 2.25 bits per heavy atom. The maximum atomic E-state index is 12.0. The first-order chi connectivity index (χ1) is 3.79. The fourth-order valence-electron chi connectivity index (χ4n) is 0.514. The van der Waals surface area contributed by atoms with Crippen LogP contribution in [0.1, 0.15) is 6.42 Å². The molecule has 0 spiro atoms. The Kier molecular flexibility index (Phi) is 1.33. The van der Waals surface area contributed by atoms with E-state index in [1.165, 1.54) is 18.6 Å². The largest absolute Gasteiger partial charge is 0.512 e. The lowest BCUT2D eigenvalue weighted by molar-refractivity contribution is 0.411. The fraction of sp³-hybridized carbons (Fsp3) is 0.167. The molecule has 0 fully saturated rings. The fourth-order valence-corrected chi connectivity index (χ4v) is 0.514. The van der Waals surface area contributed by atoms with Gasteiger partial charge in [0.05, 0.1) is 5.76 Å². The lowest BCUT2D eigenvalue weighted by Gasteiger charge is -2.00. The number of hydrogen-bond donors (Lipinski definition) is 1. The van der Waals surface area contributed by atoms with E-state index in [1.54, 1.807) is 0 Å². The molecule has 0 saturated carbocycles. The highest BCUT2D eigenvalue weighted by Crippen LogP contribution is 2.15. The highest BCUT2D eigenvalue weighted by atomic mass is 19.1. The van der Waals surface area contributed by atoms with Gasteiger partial charge in [-0.3, -0.25) is 0 Å². The van der Waals surface area contributed by atoms with Gasteiger partial charge in [-0.05, 0) is 12.2 Å². The summed E-state index contributed by atoms with van der Waals surface area (Å²) in [4.78, 5) is 0. The number of allylic oxidation sites excluding steroid dienone is 4. The van der Waals surface area contributed by atoms with Gasteiger partial charge >= 0.3 is 0 Å². The molecule has 1 radical (unpaired) electrons. The number of hydrogen-bond acceptors (Lipinski definition) is 1. The van der Waals surface area contributed by atoms with E-state index in [-0.39, 0.29) is 18.0 Å². The van der Waals surface area contributed by atoms with Crippen molar-refractivity contribution in [2.75, 3.05) is 0 Å². The van der Waals surface area contributed by atoms with Gasteiger partial charge in [-0.2, -0.15) is 0 Å². The van der Waals surface area contributed by atoms with Gasteiger partial charge in [-0.15, -0.1) is 0 Å². The van der Waals surface area contributed by atoms with Gasteiger partial charge in [-0.1, -0.05) is 0 Å². The van der Waals surface area contributed by atoms with Crippen molar-refractivity contribution in [1.82, 2.24) is 0 Å². The molecule has 1 aliphatic rings. The van der Waals surface area contributed by atoms with Crippen molar-refractivity contribution >= 4 is 0 Å². The molecule has 1 aliphatic carbocycles. The third-order valence-electron chi connectivity index (χ3n) is 0.941. The second-order valence-electron chi connectivity index (χ2n) is 1.61. The third kappa shape index (κ3) is 1.09. The van der Waals surface area contributed by atoms with E-state index in [9.17, 15) is 4.39 Å². The van der Waals surface area contributed by atoms with E-state index in [2.05, 4.69) is 0 Å². The van der Waals surface area contributed by atoms with Gasteiger partial charge in [-0.25, -0.2) is 4.39 Å². The predicted molar refractivity (Wildman–Crippen MR) is 28.8 cm³/mol. The topological polar surface area (TPSA) is 20.2 Å². The lowest BCUT2D eigenvalue weighted by Crippen LogP contribution is -1.88. The van der Waals surface area contributed by atoms with Crippen LogP contribution in [0.15, 0.2) is 23.7 Å². The van der Waals surface area contributed by atoms with E-state index in [0.717, 1.165) is 0 Å². The maximum absolute atomic E-state index is 12.0. The van der Waals surface area contributed by atoms with Crippen molar-refractivity contribution in [2.24, 2.45) is 0 Å². The van der Waals surface area contributed by atoms with E-state index in [1.807, 2.05) is 0 Å². The molecule has 0 aromatic carbocycles. The van der Waals surface area contributed by atoms with Crippen LogP contribution in [-0.4, -0.2) is 5.11 Å². The highest BCUT2D eigenvalue weighted by molar-refractivity contribution is 5.23. The van der Waals surface area contributed by atoms with E-state index >= 15 is 0 Å². The van der Waals surface area contributed by atoms with Gasteiger partial charge in [0, 0.05) is 12.8 Å². The third-order valence-corrected chi connectivity index (χ3v) is 0.941. The summed E-state index contributed by atoms with van der Waals surface area (Å²) >= 11 is 0. The second kappa shape index (κ2) is 1.99. The normalized spacial score (nSPS) is 19.6. The van der Waals surface area contributed by atoms with Crippen LogP contribution < -0.4 is 0 Å². The van der Waals surface area contributed by atoms with Crippen LogP contribution in [0.25, 0.3) is 0 Å². The summed E-state index contributed by atoms with van der Waals surface area (Å²) in [6.45, 7) is 0. The van der Waals surface area contributed by atoms with Crippen LogP contribution in [0.4, 0.5) is 4.39 Å². The summed E-state index contributed by atoms with van der Waals surface area (Å²) in [7, 11) is 0. The Morgan fingerprint density at radius 3 is 2.62 bits per heavy atom. The number of aliphatic hydroxyl groups is 1. The minimum absolute atomic E-state index is 0.145. The molecular formula is C6H6FO. The second-order valence-corrected chi connectivity index (χ2v) is 1.61. The van der Waals surface area contributed by atoms with Crippen LogP contribution in [0.2, 0.25) is 0 Å². The first-order valence-electron chi connectivity index (χ1n) is 2.37. The highest BCUT2D eigenvalue weighted by Gasteiger charge is 2.02. The van der Waals surface area contributed by atoms with Crippen LogP contribution in [0.3, 0.4) is 0 Å². The molecule has 2 heteroatoms. The Labute approximate surface area is 47.1 Å². The van der Waals surface area contributed by atoms with E-state index in [0.29, 0.717) is 0 Å². The van der Waals surface area contributed by atoms with E-state index in [4.69, 9.17) is 5.11 Å². The summed E-state index contributed by atoms with van der Waals surface area (Å²) < 4.78 is 12.0. The summed E-state index contributed by atoms with van der Waals surface area (Å²) in [5, 5.41) is 8.62. The Morgan fingerprint density at radius 1 is 1.50 bits per heavy atom. The summed E-state index contributed by atoms with van der Waals surface area (Å²) in [5.41, 5.74) is 0. The molecule has 0 bridgehead atoms. The van der Waals surface area contributed by atoms with E-state index < -0.39 is 0 Å². The minimum Gasteiger partial charge on any atom is -0.512 e. The van der Waals surface area contributed by atoms with Crippen molar-refractivity contribution in [3.8, 4) is 0 Å². The average Bonchev–Trinajstić information content (AvgIpc) is 1.77. The Hall–Kier alpha value is -0.790. The molecule has 1 rings (SSSR count). The summed E-state index contributed by atoms with van der Waals surface area (Å²) in [6, 6.07) is 0. The smallest absolute Gasteiger partial charge is 0.101 e. The van der Waals surface area contributed by atoms with Crippen molar-refractivity contribution in [3.63, 3.8) is 0 Å². The summed E-state index contributed by atoms with van der Waals surface area (Å²) in [6.07, 6.45) is 4.24. The first kappa shape index (κ1) is 5.35. The standard InChI is InChI=1S/C6H6FO/c7-5-1-3-6(8)4-2-5/h1,3-4,8H,2H2. The average molecular weight is 113 g/mol. The molecule has 8 heavy (non-hydrogen) atoms. The molecule has 43 valence electrons. The van der Waals surface area contributed by atoms with Gasteiger partial charge in [0.15, 0.2) is 0 Å². The molecule has 0 heterocycles. The SMILES string of the molecule is OC1=CC=C(F)C[CH]1. The first-order valence-corrected chi connectivity index (χ1v) is 2.37. The van der Waals surface area contributed by atoms with Gasteiger partial charge in [0.2, 0.25) is 0 Å². The zero-order chi connectivity index (χ0) is 5.98. The predicted octanol–water partition coefficient (Wildman–Crippen LogP) is 1.89. The van der Waals surface area contributed by atoms with Crippen molar-refractivity contribution < 1.29 is 9.50 Å². The molecule has 1 N–H and O–H groups in total. The zero-order valence-electron chi connectivity index (χ0n) is 4.26. The monoisotopic (exact) mass is 113 g/mol. The molecule has 0 atom stereocenters. The van der Waals surface area contributed by atoms with Crippen LogP contribution in [0, 0.1) is 6.42 Å². The summed E-state index contributed by atoms with van der Waals surface area (Å²) in [5.74, 6) is -0.0609. The molecule has 0 amide bonds. The van der Waals surface area contributed by atoms with Gasteiger partial charge in [0.25, 0.3) is 0 Å². The lowest BCUT2D eigenvalue weighted by atomic mass is 10.1. The molecule has 0 unspecified atom stereocenters. The molecule has 0 saturated heterocycles. The number of halogens is 1.